The van der Waals surface area contributed by atoms with Crippen molar-refractivity contribution in [3.05, 3.63) is 58.5 Å². The van der Waals surface area contributed by atoms with Crippen molar-refractivity contribution in [2.45, 2.75) is 36.8 Å². The maximum atomic E-state index is 5.89. The van der Waals surface area contributed by atoms with Crippen LogP contribution in [0, 0.1) is 0 Å². The molecule has 0 N–H and O–H groups in total. The molecule has 0 aliphatic carbocycles. The minimum absolute atomic E-state index is 0.0344. The molecule has 0 radical (unpaired) electrons. The molecule has 2 aromatic carbocycles. The van der Waals surface area contributed by atoms with Crippen LogP contribution in [0.3, 0.4) is 0 Å². The minimum Gasteiger partial charge on any atom is -0.377 e. The zero-order valence-electron chi connectivity index (χ0n) is 27.0. The van der Waals surface area contributed by atoms with Crippen LogP contribution in [0.25, 0.3) is 20.4 Å². The molecule has 2 aromatic heterocycles. The first kappa shape index (κ1) is 39.3. The van der Waals surface area contributed by atoms with Crippen molar-refractivity contribution >= 4 is 122 Å². The summed E-state index contributed by atoms with van der Waals surface area (Å²) in [6.45, 7) is 4.33. The van der Waals surface area contributed by atoms with E-state index in [4.69, 9.17) is 36.5 Å². The smallest absolute Gasteiger partial charge is 0.377 e. The fourth-order valence-corrected chi connectivity index (χ4v) is 25.4. The van der Waals surface area contributed by atoms with Crippen molar-refractivity contribution in [3.8, 4) is 0 Å². The summed E-state index contributed by atoms with van der Waals surface area (Å²) in [5.41, 5.74) is 2.12. The summed E-state index contributed by atoms with van der Waals surface area (Å²) < 4.78 is 37.7. The average Bonchev–Trinajstić information content (AvgIpc) is 3.72. The van der Waals surface area contributed by atoms with E-state index in [1.54, 1.807) is 105 Å². The molecular formula is C28H40N2O6S8Si2. The Bertz CT molecular complexity index is 1300. The highest BCUT2D eigenvalue weighted by atomic mass is 33.9. The zero-order valence-corrected chi connectivity index (χ0v) is 35.5. The molecule has 0 aliphatic rings. The van der Waals surface area contributed by atoms with Crippen LogP contribution in [-0.4, -0.2) is 81.7 Å². The van der Waals surface area contributed by atoms with Gasteiger partial charge in [0, 0.05) is 77.1 Å². The topological polar surface area (TPSA) is 81.2 Å². The molecule has 46 heavy (non-hydrogen) atoms. The first-order valence-electron chi connectivity index (χ1n) is 14.2. The Kier molecular flexibility index (Phi) is 16.4. The van der Waals surface area contributed by atoms with Crippen molar-refractivity contribution in [2.24, 2.45) is 0 Å². The summed E-state index contributed by atoms with van der Waals surface area (Å²) in [5.74, 6) is 1.96. The number of hydrogen-bond acceptors (Lipinski definition) is 16. The van der Waals surface area contributed by atoms with E-state index >= 15 is 0 Å². The quantitative estimate of drug-likeness (QED) is 0.0455. The highest BCUT2D eigenvalue weighted by Crippen LogP contribution is 2.55. The van der Waals surface area contributed by atoms with Crippen LogP contribution in [-0.2, 0) is 26.6 Å². The van der Waals surface area contributed by atoms with Crippen molar-refractivity contribution in [3.63, 3.8) is 0 Å². The van der Waals surface area contributed by atoms with Gasteiger partial charge in [0.15, 0.2) is 0 Å². The fourth-order valence-electron chi connectivity index (χ4n) is 5.33. The SMILES string of the molecule is CO[Si](OC)(OC)C(C)C(CSSSSSSCC(c1nc2ccccc2s1)C(C)[Si](OC)(OC)OC)c1nc2ccccc2s1. The van der Waals surface area contributed by atoms with E-state index in [0.29, 0.717) is 0 Å². The Hall–Kier alpha value is 0.514. The number of rotatable bonds is 21. The summed E-state index contributed by atoms with van der Waals surface area (Å²) in [4.78, 5) is 10.00. The summed E-state index contributed by atoms with van der Waals surface area (Å²) in [7, 11) is 15.1. The second-order valence-corrected chi connectivity index (χ2v) is 28.5. The molecule has 2 heterocycles. The van der Waals surface area contributed by atoms with Gasteiger partial charge in [-0.25, -0.2) is 9.97 Å². The maximum Gasteiger partial charge on any atom is 0.503 e. The van der Waals surface area contributed by atoms with Gasteiger partial charge < -0.3 is 26.6 Å². The van der Waals surface area contributed by atoms with Crippen LogP contribution >= 0.6 is 83.6 Å². The highest BCUT2D eigenvalue weighted by molar-refractivity contribution is 9.41. The molecule has 0 saturated carbocycles. The molecule has 4 rings (SSSR count). The molecule has 0 spiro atoms. The van der Waals surface area contributed by atoms with E-state index in [1.807, 2.05) is 33.7 Å². The van der Waals surface area contributed by atoms with Gasteiger partial charge in [-0.1, -0.05) is 59.7 Å². The van der Waals surface area contributed by atoms with E-state index in [0.717, 1.165) is 32.6 Å². The summed E-state index contributed by atoms with van der Waals surface area (Å²) >= 11 is 3.48. The number of nitrogens with zero attached hydrogens (tertiary/aromatic N) is 2. The van der Waals surface area contributed by atoms with Gasteiger partial charge in [-0.05, 0) is 63.6 Å². The third kappa shape index (κ3) is 9.24. The van der Waals surface area contributed by atoms with Crippen molar-refractivity contribution in [1.82, 2.24) is 9.97 Å². The van der Waals surface area contributed by atoms with E-state index in [-0.39, 0.29) is 22.9 Å². The van der Waals surface area contributed by atoms with Crippen LogP contribution in [0.5, 0.6) is 0 Å². The molecule has 8 nitrogen and oxygen atoms in total. The summed E-state index contributed by atoms with van der Waals surface area (Å²) in [6.07, 6.45) is 0. The van der Waals surface area contributed by atoms with E-state index < -0.39 is 17.6 Å². The fraction of sp³-hybridized carbons (Fsp3) is 0.500. The first-order valence-corrected chi connectivity index (χ1v) is 27.3. The molecule has 0 saturated heterocycles. The Labute approximate surface area is 305 Å². The lowest BCUT2D eigenvalue weighted by atomic mass is 10.1. The van der Waals surface area contributed by atoms with Gasteiger partial charge in [0.1, 0.15) is 0 Å². The lowest BCUT2D eigenvalue weighted by Crippen LogP contribution is -2.48. The molecule has 18 heteroatoms. The molecule has 0 fully saturated rings. The lowest BCUT2D eigenvalue weighted by molar-refractivity contribution is 0.109. The standard InChI is InChI=1S/C28H40N2O6S8Si2/c1-19(45(31-3,32-4)33-5)21(27-29-23-13-9-11-15-25(23)39-27)17-37-41-43-44-42-38-18-22(20(2)46(34-6,35-7)36-8)28-30-24-14-10-12-16-26(24)40-28/h9-16,19-22H,17-18H2,1-8H3. The van der Waals surface area contributed by atoms with Gasteiger partial charge in [-0.15, -0.1) is 22.7 Å². The normalized spacial score (nSPS) is 15.4. The predicted octanol–water partition coefficient (Wildman–Crippen LogP) is 10.3. The molecule has 254 valence electrons. The van der Waals surface area contributed by atoms with Crippen LogP contribution in [0.15, 0.2) is 48.5 Å². The molecular weight excluding hydrogens is 773 g/mol. The van der Waals surface area contributed by atoms with Gasteiger partial charge in [-0.3, -0.25) is 0 Å². The molecule has 0 aliphatic heterocycles. The largest absolute Gasteiger partial charge is 0.503 e. The molecule has 4 aromatic rings. The lowest BCUT2D eigenvalue weighted by Gasteiger charge is -2.34. The number of hydrogen-bond donors (Lipinski definition) is 0. The Balaban J connectivity index is 1.34. The number of thiazole rings is 2. The molecule has 0 bridgehead atoms. The second-order valence-electron chi connectivity index (χ2n) is 10.1. The van der Waals surface area contributed by atoms with Crippen molar-refractivity contribution in [1.29, 1.82) is 0 Å². The maximum absolute atomic E-state index is 5.89. The number of aromatic nitrogens is 2. The minimum atomic E-state index is -2.89. The van der Waals surface area contributed by atoms with Gasteiger partial charge >= 0.3 is 17.6 Å². The Morgan fingerprint density at radius 3 is 1.24 bits per heavy atom. The van der Waals surface area contributed by atoms with E-state index in [9.17, 15) is 0 Å². The third-order valence-electron chi connectivity index (χ3n) is 7.96. The van der Waals surface area contributed by atoms with Gasteiger partial charge in [0.25, 0.3) is 0 Å². The van der Waals surface area contributed by atoms with Gasteiger partial charge in [0.05, 0.1) is 30.4 Å². The third-order valence-corrected chi connectivity index (χ3v) is 27.7. The summed E-state index contributed by atoms with van der Waals surface area (Å²) in [6, 6.07) is 16.6. The monoisotopic (exact) mass is 812 g/mol. The zero-order chi connectivity index (χ0) is 33.2. The number of benzene rings is 2. The Morgan fingerprint density at radius 2 is 0.913 bits per heavy atom. The van der Waals surface area contributed by atoms with Crippen molar-refractivity contribution < 1.29 is 26.6 Å². The molecule has 4 unspecified atom stereocenters. The second kappa shape index (κ2) is 19.2. The molecule has 4 atom stereocenters. The van der Waals surface area contributed by atoms with Crippen LogP contribution in [0.4, 0.5) is 0 Å². The molecule has 0 amide bonds. The van der Waals surface area contributed by atoms with Gasteiger partial charge in [-0.2, -0.15) is 0 Å². The van der Waals surface area contributed by atoms with Gasteiger partial charge in [0.2, 0.25) is 0 Å². The number of fused-ring (bicyclic) bond motifs is 2. The average molecular weight is 813 g/mol. The van der Waals surface area contributed by atoms with E-state index in [2.05, 4.69) is 50.2 Å². The summed E-state index contributed by atoms with van der Waals surface area (Å²) in [5, 5.41) is 2.18. The number of para-hydroxylation sites is 2. The van der Waals surface area contributed by atoms with Crippen LogP contribution in [0.1, 0.15) is 35.7 Å². The van der Waals surface area contributed by atoms with Crippen LogP contribution in [0.2, 0.25) is 11.1 Å². The predicted molar refractivity (Wildman–Crippen MR) is 212 cm³/mol. The first-order chi connectivity index (χ1) is 22.3. The van der Waals surface area contributed by atoms with Crippen LogP contribution < -0.4 is 0 Å². The van der Waals surface area contributed by atoms with Crippen molar-refractivity contribution in [2.75, 3.05) is 54.2 Å². The van der Waals surface area contributed by atoms with E-state index in [1.165, 1.54) is 9.40 Å². The Morgan fingerprint density at radius 1 is 0.565 bits per heavy atom. The highest BCUT2D eigenvalue weighted by Gasteiger charge is 2.50.